The number of halogens is 6. The van der Waals surface area contributed by atoms with Crippen molar-refractivity contribution in [2.45, 2.75) is 19.7 Å². The van der Waals surface area contributed by atoms with Gasteiger partial charge in [-0.3, -0.25) is 0 Å². The molecular weight excluding hydrogens is 404 g/mol. The van der Waals surface area contributed by atoms with Gasteiger partial charge < -0.3 is 9.47 Å². The lowest BCUT2D eigenvalue weighted by molar-refractivity contribution is -0.275. The molecule has 0 saturated heterocycles. The Morgan fingerprint density at radius 1 is 1.45 bits per heavy atom. The van der Waals surface area contributed by atoms with Crippen LogP contribution in [0.5, 0.6) is 5.75 Å². The van der Waals surface area contributed by atoms with Crippen LogP contribution in [-0.4, -0.2) is 23.9 Å². The summed E-state index contributed by atoms with van der Waals surface area (Å²) >= 11 is 1.47. The first-order valence-electron chi connectivity index (χ1n) is 5.07. The Labute approximate surface area is 123 Å². The van der Waals surface area contributed by atoms with Gasteiger partial charge >= 0.3 is 12.3 Å². The van der Waals surface area contributed by atoms with E-state index >= 15 is 0 Å². The van der Waals surface area contributed by atoms with Crippen molar-refractivity contribution in [3.8, 4) is 5.75 Å². The van der Waals surface area contributed by atoms with E-state index in [1.165, 1.54) is 29.5 Å². The molecule has 0 aliphatic carbocycles. The van der Waals surface area contributed by atoms with Gasteiger partial charge in [-0.25, -0.2) is 18.6 Å². The molecule has 10 heteroatoms. The molecular formula is C10H7F5INO3. The summed E-state index contributed by atoms with van der Waals surface area (Å²) in [5.74, 6) is -2.41. The van der Waals surface area contributed by atoms with Crippen LogP contribution in [0.1, 0.15) is 29.4 Å². The zero-order valence-electron chi connectivity index (χ0n) is 9.80. The fraction of sp³-hybridized carbons (Fsp3) is 0.400. The molecule has 1 heterocycles. The summed E-state index contributed by atoms with van der Waals surface area (Å²) < 4.78 is 70.2. The molecule has 0 unspecified atom stereocenters. The Morgan fingerprint density at radius 2 is 2.05 bits per heavy atom. The van der Waals surface area contributed by atoms with E-state index in [1.54, 1.807) is 0 Å². The molecule has 0 saturated carbocycles. The quantitative estimate of drug-likeness (QED) is 0.328. The van der Waals surface area contributed by atoms with Crippen LogP contribution in [0.4, 0.5) is 22.0 Å². The summed E-state index contributed by atoms with van der Waals surface area (Å²) in [6.07, 6.45) is -8.55. The Hall–Kier alpha value is -1.20. The summed E-state index contributed by atoms with van der Waals surface area (Å²) in [5, 5.41) is 0. The maximum Gasteiger partial charge on any atom is 0.573 e. The molecule has 112 valence electrons. The maximum absolute atomic E-state index is 12.9. The molecule has 1 aromatic rings. The van der Waals surface area contributed by atoms with Crippen LogP contribution in [0.3, 0.4) is 0 Å². The van der Waals surface area contributed by atoms with Crippen molar-refractivity contribution in [3.63, 3.8) is 0 Å². The molecule has 0 amide bonds. The van der Waals surface area contributed by atoms with Crippen molar-refractivity contribution in [1.82, 2.24) is 4.98 Å². The van der Waals surface area contributed by atoms with Crippen LogP contribution < -0.4 is 4.74 Å². The van der Waals surface area contributed by atoms with E-state index in [9.17, 15) is 26.7 Å². The van der Waals surface area contributed by atoms with E-state index in [1.807, 2.05) is 0 Å². The number of esters is 1. The number of ether oxygens (including phenoxy) is 2. The number of carbonyl (C=O) groups is 1. The van der Waals surface area contributed by atoms with E-state index in [0.29, 0.717) is 6.07 Å². The smallest absolute Gasteiger partial charge is 0.461 e. The summed E-state index contributed by atoms with van der Waals surface area (Å²) in [5.41, 5.74) is -2.14. The van der Waals surface area contributed by atoms with Gasteiger partial charge in [-0.2, -0.15) is 0 Å². The molecule has 1 aromatic heterocycles. The first-order valence-corrected chi connectivity index (χ1v) is 6.15. The molecule has 0 atom stereocenters. The molecule has 0 bridgehead atoms. The number of rotatable bonds is 4. The van der Waals surface area contributed by atoms with Crippen LogP contribution >= 0.6 is 22.6 Å². The van der Waals surface area contributed by atoms with Crippen LogP contribution in [0.25, 0.3) is 0 Å². The Bertz CT molecular complexity index is 506. The van der Waals surface area contributed by atoms with Crippen LogP contribution in [0, 0.1) is 3.70 Å². The van der Waals surface area contributed by atoms with E-state index in [4.69, 9.17) is 0 Å². The minimum Gasteiger partial charge on any atom is -0.461 e. The molecule has 1 rings (SSSR count). The normalized spacial score (nSPS) is 11.6. The van der Waals surface area contributed by atoms with Gasteiger partial charge in [-0.1, -0.05) is 0 Å². The van der Waals surface area contributed by atoms with Gasteiger partial charge in [0.05, 0.1) is 12.2 Å². The molecule has 0 radical (unpaired) electrons. The van der Waals surface area contributed by atoms with Gasteiger partial charge in [0.2, 0.25) is 0 Å². The van der Waals surface area contributed by atoms with Crippen LogP contribution in [0.15, 0.2) is 6.07 Å². The third-order valence-corrected chi connectivity index (χ3v) is 2.45. The second-order valence-corrected chi connectivity index (χ2v) is 4.38. The van der Waals surface area contributed by atoms with Crippen molar-refractivity contribution in [2.24, 2.45) is 0 Å². The van der Waals surface area contributed by atoms with Gasteiger partial charge in [0.15, 0.2) is 5.69 Å². The number of carbonyl (C=O) groups excluding carboxylic acids is 1. The largest absolute Gasteiger partial charge is 0.573 e. The van der Waals surface area contributed by atoms with Crippen LogP contribution in [-0.2, 0) is 4.74 Å². The average Bonchev–Trinajstić information content (AvgIpc) is 2.25. The lowest BCUT2D eigenvalue weighted by Crippen LogP contribution is -2.21. The Balaban J connectivity index is 3.40. The van der Waals surface area contributed by atoms with E-state index in [2.05, 4.69) is 14.5 Å². The fourth-order valence-corrected chi connectivity index (χ4v) is 1.80. The minimum absolute atomic E-state index is 0.116. The summed E-state index contributed by atoms with van der Waals surface area (Å²) in [6.45, 7) is 1.28. The lowest BCUT2D eigenvalue weighted by Gasteiger charge is -2.15. The van der Waals surface area contributed by atoms with Crippen molar-refractivity contribution in [3.05, 3.63) is 21.0 Å². The minimum atomic E-state index is -5.17. The van der Waals surface area contributed by atoms with Crippen molar-refractivity contribution in [2.75, 3.05) is 6.61 Å². The average molecular weight is 411 g/mol. The Morgan fingerprint density at radius 3 is 2.50 bits per heavy atom. The number of pyridine rings is 1. The third kappa shape index (κ3) is 4.42. The van der Waals surface area contributed by atoms with Gasteiger partial charge in [-0.05, 0) is 29.5 Å². The highest BCUT2D eigenvalue weighted by Gasteiger charge is 2.36. The standard InChI is InChI=1S/C10H7F5INO3/c1-2-19-9(18)7-6(8(11)12)4(3-5(16)17-7)20-10(13,14)15/h3,8H,2H2,1H3. The predicted octanol–water partition coefficient (Wildman–Crippen LogP) is 3.70. The first-order chi connectivity index (χ1) is 9.15. The highest BCUT2D eigenvalue weighted by molar-refractivity contribution is 14.1. The molecule has 0 fully saturated rings. The van der Waals surface area contributed by atoms with Crippen LogP contribution in [0.2, 0.25) is 0 Å². The maximum atomic E-state index is 12.9. The number of hydrogen-bond donors (Lipinski definition) is 0. The van der Waals surface area contributed by atoms with Gasteiger partial charge in [0.25, 0.3) is 6.43 Å². The number of alkyl halides is 5. The molecule has 0 aromatic carbocycles. The molecule has 0 N–H and O–H groups in total. The molecule has 0 aliphatic rings. The Kier molecular flexibility index (Phi) is 5.48. The second kappa shape index (κ2) is 6.50. The number of aromatic nitrogens is 1. The SMILES string of the molecule is CCOC(=O)c1nc(I)cc(OC(F)(F)F)c1C(F)F. The van der Waals surface area contributed by atoms with E-state index < -0.39 is 35.8 Å². The first kappa shape index (κ1) is 16.9. The van der Waals surface area contributed by atoms with Crippen molar-refractivity contribution >= 4 is 28.6 Å². The third-order valence-electron chi connectivity index (χ3n) is 1.90. The van der Waals surface area contributed by atoms with Crippen molar-refractivity contribution in [1.29, 1.82) is 0 Å². The zero-order valence-corrected chi connectivity index (χ0v) is 12.0. The number of nitrogens with zero attached hydrogens (tertiary/aromatic N) is 1. The highest BCUT2D eigenvalue weighted by atomic mass is 127. The van der Waals surface area contributed by atoms with Gasteiger partial charge in [0.1, 0.15) is 9.45 Å². The topological polar surface area (TPSA) is 48.4 Å². The predicted molar refractivity (Wildman–Crippen MR) is 64.6 cm³/mol. The zero-order chi connectivity index (χ0) is 15.5. The number of hydrogen-bond acceptors (Lipinski definition) is 4. The molecule has 4 nitrogen and oxygen atoms in total. The highest BCUT2D eigenvalue weighted by Crippen LogP contribution is 2.36. The monoisotopic (exact) mass is 411 g/mol. The second-order valence-electron chi connectivity index (χ2n) is 3.27. The van der Waals surface area contributed by atoms with Gasteiger partial charge in [0, 0.05) is 6.07 Å². The van der Waals surface area contributed by atoms with Crippen molar-refractivity contribution < 1.29 is 36.2 Å². The molecule has 20 heavy (non-hydrogen) atoms. The lowest BCUT2D eigenvalue weighted by atomic mass is 10.2. The summed E-state index contributed by atoms with van der Waals surface area (Å²) in [4.78, 5) is 15.0. The molecule has 0 aliphatic heterocycles. The summed E-state index contributed by atoms with van der Waals surface area (Å²) in [7, 11) is 0. The van der Waals surface area contributed by atoms with E-state index in [-0.39, 0.29) is 10.3 Å². The fourth-order valence-electron chi connectivity index (χ4n) is 1.28. The van der Waals surface area contributed by atoms with E-state index in [0.717, 1.165) is 0 Å². The van der Waals surface area contributed by atoms with Gasteiger partial charge in [-0.15, -0.1) is 13.2 Å². The molecule has 0 spiro atoms. The summed E-state index contributed by atoms with van der Waals surface area (Å²) in [6, 6.07) is 0.665.